The van der Waals surface area contributed by atoms with Crippen molar-refractivity contribution in [2.24, 2.45) is 0 Å². The van der Waals surface area contributed by atoms with Crippen molar-refractivity contribution >= 4 is 17.6 Å². The van der Waals surface area contributed by atoms with Crippen LogP contribution in [0, 0.1) is 0 Å². The molecule has 2 amide bonds. The SMILES string of the molecule is CN1CCN(C(=O)c2cc(N)nc(C(C)(C)C)c2)CC1=O. The van der Waals surface area contributed by atoms with Crippen molar-refractivity contribution in [2.45, 2.75) is 26.2 Å². The molecule has 0 bridgehead atoms. The molecule has 0 spiro atoms. The van der Waals surface area contributed by atoms with Crippen molar-refractivity contribution in [1.82, 2.24) is 14.8 Å². The van der Waals surface area contributed by atoms with E-state index in [0.717, 1.165) is 5.69 Å². The summed E-state index contributed by atoms with van der Waals surface area (Å²) in [6, 6.07) is 3.34. The van der Waals surface area contributed by atoms with E-state index in [2.05, 4.69) is 4.98 Å². The minimum atomic E-state index is -0.192. The predicted octanol–water partition coefficient (Wildman–Crippen LogP) is 0.875. The molecule has 2 N–H and O–H groups in total. The number of rotatable bonds is 1. The molecule has 0 aromatic carbocycles. The summed E-state index contributed by atoms with van der Waals surface area (Å²) >= 11 is 0. The number of piperazine rings is 1. The van der Waals surface area contributed by atoms with Crippen molar-refractivity contribution in [3.63, 3.8) is 0 Å². The summed E-state index contributed by atoms with van der Waals surface area (Å²) < 4.78 is 0. The second kappa shape index (κ2) is 5.35. The monoisotopic (exact) mass is 290 g/mol. The summed E-state index contributed by atoms with van der Waals surface area (Å²) in [7, 11) is 1.74. The van der Waals surface area contributed by atoms with Gasteiger partial charge in [-0.05, 0) is 12.1 Å². The van der Waals surface area contributed by atoms with Crippen LogP contribution < -0.4 is 5.73 Å². The van der Waals surface area contributed by atoms with Crippen LogP contribution in [0.1, 0.15) is 36.8 Å². The molecule has 6 nitrogen and oxygen atoms in total. The van der Waals surface area contributed by atoms with Gasteiger partial charge in [0.25, 0.3) is 5.91 Å². The highest BCUT2D eigenvalue weighted by molar-refractivity contribution is 5.97. The van der Waals surface area contributed by atoms with E-state index in [4.69, 9.17) is 5.73 Å². The van der Waals surface area contributed by atoms with Crippen LogP contribution in [-0.4, -0.2) is 53.3 Å². The van der Waals surface area contributed by atoms with Crippen LogP contribution in [0.5, 0.6) is 0 Å². The Morgan fingerprint density at radius 1 is 1.29 bits per heavy atom. The molecule has 1 saturated heterocycles. The topological polar surface area (TPSA) is 79.5 Å². The fourth-order valence-electron chi connectivity index (χ4n) is 2.17. The first kappa shape index (κ1) is 15.3. The van der Waals surface area contributed by atoms with Crippen molar-refractivity contribution in [2.75, 3.05) is 32.4 Å². The molecule has 6 heteroatoms. The molecule has 1 aliphatic heterocycles. The second-order valence-electron chi connectivity index (χ2n) is 6.46. The number of pyridine rings is 1. The minimum Gasteiger partial charge on any atom is -0.384 e. The molecule has 0 unspecified atom stereocenters. The highest BCUT2D eigenvalue weighted by Gasteiger charge is 2.27. The molecule has 1 aromatic heterocycles. The number of aromatic nitrogens is 1. The zero-order valence-electron chi connectivity index (χ0n) is 13.0. The van der Waals surface area contributed by atoms with Crippen LogP contribution in [0.3, 0.4) is 0 Å². The van der Waals surface area contributed by atoms with Gasteiger partial charge in [0.15, 0.2) is 0 Å². The highest BCUT2D eigenvalue weighted by Crippen LogP contribution is 2.23. The molecule has 114 valence electrons. The Labute approximate surface area is 124 Å². The normalized spacial score (nSPS) is 16.3. The van der Waals surface area contributed by atoms with Crippen LogP contribution in [0.25, 0.3) is 0 Å². The lowest BCUT2D eigenvalue weighted by molar-refractivity contribution is -0.133. The molecule has 1 aliphatic rings. The van der Waals surface area contributed by atoms with Crippen molar-refractivity contribution < 1.29 is 9.59 Å². The van der Waals surface area contributed by atoms with Crippen LogP contribution in [0.2, 0.25) is 0 Å². The van der Waals surface area contributed by atoms with Crippen molar-refractivity contribution in [3.8, 4) is 0 Å². The first-order chi connectivity index (χ1) is 9.68. The highest BCUT2D eigenvalue weighted by atomic mass is 16.2. The van der Waals surface area contributed by atoms with Crippen LogP contribution in [0.4, 0.5) is 5.82 Å². The number of carbonyl (C=O) groups is 2. The maximum absolute atomic E-state index is 12.6. The molecule has 21 heavy (non-hydrogen) atoms. The molecule has 0 saturated carbocycles. The van der Waals surface area contributed by atoms with Gasteiger partial charge >= 0.3 is 0 Å². The molecule has 2 rings (SSSR count). The molecule has 0 aliphatic carbocycles. The van der Waals surface area contributed by atoms with Gasteiger partial charge < -0.3 is 15.5 Å². The quantitative estimate of drug-likeness (QED) is 0.832. The lowest BCUT2D eigenvalue weighted by atomic mass is 9.90. The van der Waals surface area contributed by atoms with Crippen molar-refractivity contribution in [1.29, 1.82) is 0 Å². The Bertz CT molecular complexity index is 578. The van der Waals surface area contributed by atoms with Gasteiger partial charge in [0.1, 0.15) is 12.4 Å². The largest absolute Gasteiger partial charge is 0.384 e. The number of hydrogen-bond donors (Lipinski definition) is 1. The smallest absolute Gasteiger partial charge is 0.254 e. The summed E-state index contributed by atoms with van der Waals surface area (Å²) in [6.45, 7) is 7.25. The van der Waals surface area contributed by atoms with E-state index in [1.54, 1.807) is 29.0 Å². The zero-order valence-corrected chi connectivity index (χ0v) is 13.0. The Morgan fingerprint density at radius 2 is 1.95 bits per heavy atom. The number of likely N-dealkylation sites (N-methyl/N-ethyl adjacent to an activating group) is 1. The third-order valence-corrected chi connectivity index (χ3v) is 3.60. The van der Waals surface area contributed by atoms with E-state index in [1.807, 2.05) is 20.8 Å². The zero-order chi connectivity index (χ0) is 15.8. The number of nitrogens with zero attached hydrogens (tertiary/aromatic N) is 3. The van der Waals surface area contributed by atoms with Crippen LogP contribution in [0.15, 0.2) is 12.1 Å². The third-order valence-electron chi connectivity index (χ3n) is 3.60. The fourth-order valence-corrected chi connectivity index (χ4v) is 2.17. The average molecular weight is 290 g/mol. The maximum Gasteiger partial charge on any atom is 0.254 e. The Hall–Kier alpha value is -2.11. The van der Waals surface area contributed by atoms with E-state index in [1.165, 1.54) is 0 Å². The van der Waals surface area contributed by atoms with Gasteiger partial charge in [0.05, 0.1) is 0 Å². The van der Waals surface area contributed by atoms with E-state index in [9.17, 15) is 9.59 Å². The molecule has 1 aromatic rings. The molecule has 1 fully saturated rings. The predicted molar refractivity (Wildman–Crippen MR) is 80.9 cm³/mol. The van der Waals surface area contributed by atoms with Gasteiger partial charge in [-0.2, -0.15) is 0 Å². The number of carbonyl (C=O) groups excluding carboxylic acids is 2. The third kappa shape index (κ3) is 3.32. The van der Waals surface area contributed by atoms with Gasteiger partial charge in [-0.15, -0.1) is 0 Å². The summed E-state index contributed by atoms with van der Waals surface area (Å²) in [5, 5.41) is 0. The van der Waals surface area contributed by atoms with Crippen molar-refractivity contribution in [3.05, 3.63) is 23.4 Å². The van der Waals surface area contributed by atoms with E-state index >= 15 is 0 Å². The molecule has 0 atom stereocenters. The Morgan fingerprint density at radius 3 is 2.52 bits per heavy atom. The fraction of sp³-hybridized carbons (Fsp3) is 0.533. The molecule has 2 heterocycles. The molecular formula is C15H22N4O2. The summed E-state index contributed by atoms with van der Waals surface area (Å²) in [5.41, 5.74) is 6.88. The van der Waals surface area contributed by atoms with Crippen LogP contribution >= 0.6 is 0 Å². The van der Waals surface area contributed by atoms with E-state index in [-0.39, 0.29) is 23.8 Å². The second-order valence-corrected chi connectivity index (χ2v) is 6.46. The van der Waals surface area contributed by atoms with Crippen LogP contribution in [-0.2, 0) is 10.2 Å². The standard InChI is InChI=1S/C15H22N4O2/c1-15(2,3)11-7-10(8-12(16)17-11)14(21)19-6-5-18(4)13(20)9-19/h7-8H,5-6,9H2,1-4H3,(H2,16,17). The van der Waals surface area contributed by atoms with Gasteiger partial charge in [-0.1, -0.05) is 20.8 Å². The van der Waals surface area contributed by atoms with E-state index in [0.29, 0.717) is 24.5 Å². The number of nitrogens with two attached hydrogens (primary N) is 1. The number of anilines is 1. The summed E-state index contributed by atoms with van der Waals surface area (Å²) in [6.07, 6.45) is 0. The number of hydrogen-bond acceptors (Lipinski definition) is 4. The lowest BCUT2D eigenvalue weighted by Crippen LogP contribution is -2.50. The number of nitrogen functional groups attached to an aromatic ring is 1. The average Bonchev–Trinajstić information content (AvgIpc) is 2.39. The summed E-state index contributed by atoms with van der Waals surface area (Å²) in [5.74, 6) is 0.106. The van der Waals surface area contributed by atoms with E-state index < -0.39 is 0 Å². The molecule has 0 radical (unpaired) electrons. The van der Waals surface area contributed by atoms with Gasteiger partial charge in [-0.3, -0.25) is 9.59 Å². The Balaban J connectivity index is 2.27. The Kier molecular flexibility index (Phi) is 3.89. The maximum atomic E-state index is 12.6. The molecular weight excluding hydrogens is 268 g/mol. The van der Waals surface area contributed by atoms with Gasteiger partial charge in [0.2, 0.25) is 5.91 Å². The van der Waals surface area contributed by atoms with Gasteiger partial charge in [0, 0.05) is 36.8 Å². The lowest BCUT2D eigenvalue weighted by Gasteiger charge is -2.32. The number of amides is 2. The first-order valence-electron chi connectivity index (χ1n) is 7.00. The minimum absolute atomic E-state index is 0.0485. The first-order valence-corrected chi connectivity index (χ1v) is 7.00. The summed E-state index contributed by atoms with van der Waals surface area (Å²) in [4.78, 5) is 31.8. The van der Waals surface area contributed by atoms with Gasteiger partial charge in [-0.25, -0.2) is 4.98 Å².